The molecule has 2 aromatic heterocycles. The molecule has 198 valence electrons. The maximum atomic E-state index is 13.1. The van der Waals surface area contributed by atoms with Crippen LogP contribution >= 0.6 is 0 Å². The van der Waals surface area contributed by atoms with E-state index in [-0.39, 0.29) is 29.9 Å². The van der Waals surface area contributed by atoms with Crippen molar-refractivity contribution in [1.29, 1.82) is 0 Å². The van der Waals surface area contributed by atoms with Gasteiger partial charge in [-0.05, 0) is 73.9 Å². The van der Waals surface area contributed by atoms with E-state index < -0.39 is 23.8 Å². The summed E-state index contributed by atoms with van der Waals surface area (Å²) in [5, 5.41) is 10.6. The van der Waals surface area contributed by atoms with Gasteiger partial charge < -0.3 is 5.32 Å². The topological polar surface area (TPSA) is 126 Å². The Hall–Kier alpha value is -4.34. The van der Waals surface area contributed by atoms with Crippen LogP contribution in [0.15, 0.2) is 48.9 Å². The van der Waals surface area contributed by atoms with Crippen molar-refractivity contribution < 1.29 is 19.2 Å². The molecule has 4 heterocycles. The van der Waals surface area contributed by atoms with E-state index in [4.69, 9.17) is 5.10 Å². The number of benzene rings is 1. The van der Waals surface area contributed by atoms with Crippen molar-refractivity contribution in [2.45, 2.75) is 56.5 Å². The van der Waals surface area contributed by atoms with Crippen molar-refractivity contribution in [3.63, 3.8) is 0 Å². The number of imide groups is 2. The highest BCUT2D eigenvalue weighted by molar-refractivity contribution is 6.23. The van der Waals surface area contributed by atoms with E-state index in [1.54, 1.807) is 18.2 Å². The molecule has 0 radical (unpaired) electrons. The van der Waals surface area contributed by atoms with E-state index in [1.165, 1.54) is 24.1 Å². The molecule has 1 unspecified atom stereocenters. The lowest BCUT2D eigenvalue weighted by atomic mass is 9.80. The SMILES string of the molecule is O=C1CCC(N2C(=O)c3ccc(NC[C@H]4C[C@H](n5cc(-c6ccncc6)c(C6CC6)n5)C4)cc3C2=O)C(=O)N1. The highest BCUT2D eigenvalue weighted by Gasteiger charge is 2.44. The van der Waals surface area contributed by atoms with Crippen LogP contribution in [0.1, 0.15) is 76.9 Å². The summed E-state index contributed by atoms with van der Waals surface area (Å²) < 4.78 is 2.14. The van der Waals surface area contributed by atoms with E-state index in [0.717, 1.165) is 35.5 Å². The van der Waals surface area contributed by atoms with Gasteiger partial charge in [0.05, 0.1) is 22.9 Å². The number of pyridine rings is 1. The number of amides is 4. The number of fused-ring (bicyclic) bond motifs is 1. The van der Waals surface area contributed by atoms with Gasteiger partial charge in [-0.1, -0.05) is 0 Å². The first-order valence-corrected chi connectivity index (χ1v) is 13.5. The van der Waals surface area contributed by atoms with Gasteiger partial charge in [-0.3, -0.25) is 39.1 Å². The van der Waals surface area contributed by atoms with Crippen LogP contribution in [0.2, 0.25) is 0 Å². The Morgan fingerprint density at radius 3 is 2.44 bits per heavy atom. The lowest BCUT2D eigenvalue weighted by Crippen LogP contribution is -2.54. The third-order valence-electron chi connectivity index (χ3n) is 8.34. The van der Waals surface area contributed by atoms with Gasteiger partial charge >= 0.3 is 0 Å². The number of nitrogens with zero attached hydrogens (tertiary/aromatic N) is 4. The normalized spacial score (nSPS) is 24.4. The van der Waals surface area contributed by atoms with Gasteiger partial charge in [0, 0.05) is 48.7 Å². The van der Waals surface area contributed by atoms with Gasteiger partial charge in [-0.15, -0.1) is 0 Å². The predicted molar refractivity (Wildman–Crippen MR) is 141 cm³/mol. The quantitative estimate of drug-likeness (QED) is 0.454. The summed E-state index contributed by atoms with van der Waals surface area (Å²) in [7, 11) is 0. The predicted octanol–water partition coefficient (Wildman–Crippen LogP) is 3.29. The number of rotatable bonds is 7. The molecular formula is C29H28N6O4. The minimum Gasteiger partial charge on any atom is -0.385 e. The molecule has 2 N–H and O–H groups in total. The van der Waals surface area contributed by atoms with Crippen LogP contribution in [0.25, 0.3) is 11.1 Å². The summed E-state index contributed by atoms with van der Waals surface area (Å²) >= 11 is 0. The van der Waals surface area contributed by atoms with E-state index in [2.05, 4.69) is 26.5 Å². The minimum atomic E-state index is -0.958. The molecular weight excluding hydrogens is 496 g/mol. The Kier molecular flexibility index (Phi) is 5.57. The van der Waals surface area contributed by atoms with Crippen LogP contribution < -0.4 is 10.6 Å². The summed E-state index contributed by atoms with van der Waals surface area (Å²) in [4.78, 5) is 54.9. The molecule has 7 rings (SSSR count). The number of hydrogen-bond acceptors (Lipinski definition) is 7. The van der Waals surface area contributed by atoms with Crippen LogP contribution in [0.4, 0.5) is 5.69 Å². The number of nitrogens with one attached hydrogen (secondary N) is 2. The number of piperidine rings is 1. The zero-order chi connectivity index (χ0) is 26.7. The Morgan fingerprint density at radius 1 is 0.923 bits per heavy atom. The summed E-state index contributed by atoms with van der Waals surface area (Å²) in [5.41, 5.74) is 4.91. The second kappa shape index (κ2) is 9.14. The molecule has 1 atom stereocenters. The van der Waals surface area contributed by atoms with Crippen molar-refractivity contribution in [2.24, 2.45) is 5.92 Å². The van der Waals surface area contributed by atoms with Crippen molar-refractivity contribution in [3.05, 3.63) is 65.7 Å². The molecule has 0 bridgehead atoms. The molecule has 4 aliphatic rings. The van der Waals surface area contributed by atoms with E-state index >= 15 is 0 Å². The number of carbonyl (C=O) groups is 4. The van der Waals surface area contributed by atoms with Gasteiger partial charge in [0.2, 0.25) is 11.8 Å². The maximum absolute atomic E-state index is 13.1. The molecule has 2 aliphatic carbocycles. The first kappa shape index (κ1) is 23.8. The molecule has 39 heavy (non-hydrogen) atoms. The first-order chi connectivity index (χ1) is 19.0. The highest BCUT2D eigenvalue weighted by atomic mass is 16.2. The van der Waals surface area contributed by atoms with Gasteiger partial charge in [-0.2, -0.15) is 5.10 Å². The number of hydrogen-bond donors (Lipinski definition) is 2. The molecule has 4 amide bonds. The first-order valence-electron chi connectivity index (χ1n) is 13.5. The third-order valence-corrected chi connectivity index (χ3v) is 8.34. The fourth-order valence-electron chi connectivity index (χ4n) is 5.93. The molecule has 10 heteroatoms. The molecule has 3 aromatic rings. The average Bonchev–Trinajstić information content (AvgIpc) is 3.62. The summed E-state index contributed by atoms with van der Waals surface area (Å²) in [5.74, 6) is -0.942. The Labute approximate surface area is 224 Å². The Morgan fingerprint density at radius 2 is 1.69 bits per heavy atom. The van der Waals surface area contributed by atoms with Crippen LogP contribution in [0, 0.1) is 5.92 Å². The second-order valence-corrected chi connectivity index (χ2v) is 11.0. The zero-order valence-electron chi connectivity index (χ0n) is 21.3. The third kappa shape index (κ3) is 4.20. The minimum absolute atomic E-state index is 0.102. The van der Waals surface area contributed by atoms with Gasteiger partial charge in [0.15, 0.2) is 0 Å². The van der Waals surface area contributed by atoms with Crippen LogP contribution in [-0.2, 0) is 9.59 Å². The molecule has 2 aliphatic heterocycles. The smallest absolute Gasteiger partial charge is 0.262 e. The lowest BCUT2D eigenvalue weighted by Gasteiger charge is -2.35. The highest BCUT2D eigenvalue weighted by Crippen LogP contribution is 2.45. The second-order valence-electron chi connectivity index (χ2n) is 11.0. The van der Waals surface area contributed by atoms with Crippen LogP contribution in [0.3, 0.4) is 0 Å². The molecule has 1 saturated heterocycles. The van der Waals surface area contributed by atoms with Crippen molar-refractivity contribution in [1.82, 2.24) is 25.0 Å². The fourth-order valence-corrected chi connectivity index (χ4v) is 5.93. The largest absolute Gasteiger partial charge is 0.385 e. The van der Waals surface area contributed by atoms with E-state index in [0.29, 0.717) is 17.9 Å². The number of carbonyl (C=O) groups excluding carboxylic acids is 4. The number of anilines is 1. The van der Waals surface area contributed by atoms with Crippen molar-refractivity contribution in [2.75, 3.05) is 11.9 Å². The van der Waals surface area contributed by atoms with Crippen molar-refractivity contribution >= 4 is 29.3 Å². The van der Waals surface area contributed by atoms with Gasteiger partial charge in [0.1, 0.15) is 6.04 Å². The van der Waals surface area contributed by atoms with Gasteiger partial charge in [0.25, 0.3) is 11.8 Å². The van der Waals surface area contributed by atoms with Crippen molar-refractivity contribution in [3.8, 4) is 11.1 Å². The van der Waals surface area contributed by atoms with E-state index in [1.807, 2.05) is 24.5 Å². The summed E-state index contributed by atoms with van der Waals surface area (Å²) in [6.07, 6.45) is 10.5. The average molecular weight is 525 g/mol. The number of aromatic nitrogens is 3. The Balaban J connectivity index is 0.987. The standard InChI is InChI=1S/C29H28N6O4/c36-25-6-5-24(27(37)32-25)35-28(38)21-4-3-19(13-22(21)29(35)39)31-14-16-11-20(12-16)34-15-23(17-7-9-30-10-8-17)26(33-34)18-1-2-18/h3-4,7-10,13,15-16,18,20,24,31H,1-2,5-6,11-12,14H2,(H,32,36,37)/t16-,20-,24?. The lowest BCUT2D eigenvalue weighted by molar-refractivity contribution is -0.136. The Bertz CT molecular complexity index is 1510. The summed E-state index contributed by atoms with van der Waals surface area (Å²) in [6.45, 7) is 0.752. The molecule has 2 saturated carbocycles. The molecule has 3 fully saturated rings. The van der Waals surface area contributed by atoms with Crippen LogP contribution in [0.5, 0.6) is 0 Å². The molecule has 0 spiro atoms. The fraction of sp³-hybridized carbons (Fsp3) is 0.379. The molecule has 10 nitrogen and oxygen atoms in total. The molecule has 1 aromatic carbocycles. The zero-order valence-corrected chi connectivity index (χ0v) is 21.3. The monoisotopic (exact) mass is 524 g/mol. The summed E-state index contributed by atoms with van der Waals surface area (Å²) in [6, 6.07) is 8.61. The van der Waals surface area contributed by atoms with Gasteiger partial charge in [-0.25, -0.2) is 0 Å². The van der Waals surface area contributed by atoms with E-state index in [9.17, 15) is 19.2 Å². The maximum Gasteiger partial charge on any atom is 0.262 e. The van der Waals surface area contributed by atoms with Crippen LogP contribution in [-0.4, -0.2) is 55.9 Å².